The molecule has 4 nitrogen and oxygen atoms in total. The lowest BCUT2D eigenvalue weighted by molar-refractivity contribution is -0.135. The summed E-state index contributed by atoms with van der Waals surface area (Å²) in [5.74, 6) is 0.673. The van der Waals surface area contributed by atoms with Crippen LogP contribution in [0.1, 0.15) is 19.8 Å². The molecule has 1 saturated heterocycles. The van der Waals surface area contributed by atoms with Crippen molar-refractivity contribution < 1.29 is 9.53 Å². The van der Waals surface area contributed by atoms with Crippen molar-refractivity contribution >= 4 is 17.5 Å². The number of hydrogen-bond acceptors (Lipinski definition) is 3. The Hall–Kier alpha value is -1.26. The number of amides is 1. The second-order valence-electron chi connectivity index (χ2n) is 4.98. The van der Waals surface area contributed by atoms with Crippen LogP contribution in [0.2, 0.25) is 5.02 Å². The van der Waals surface area contributed by atoms with Crippen LogP contribution in [-0.2, 0) is 4.79 Å². The van der Waals surface area contributed by atoms with Crippen LogP contribution < -0.4 is 10.1 Å². The molecule has 0 spiro atoms. The number of halogens is 1. The number of ether oxygens (including phenoxy) is 1. The van der Waals surface area contributed by atoms with Gasteiger partial charge in [-0.05, 0) is 37.6 Å². The average molecular weight is 297 g/mol. The molecule has 110 valence electrons. The van der Waals surface area contributed by atoms with E-state index in [9.17, 15) is 4.79 Å². The summed E-state index contributed by atoms with van der Waals surface area (Å²) in [5, 5.41) is 3.91. The molecule has 5 heteroatoms. The van der Waals surface area contributed by atoms with Crippen LogP contribution in [0, 0.1) is 0 Å². The molecule has 20 heavy (non-hydrogen) atoms. The van der Waals surface area contributed by atoms with Crippen LogP contribution in [0.25, 0.3) is 0 Å². The zero-order valence-electron chi connectivity index (χ0n) is 11.8. The quantitative estimate of drug-likeness (QED) is 0.876. The fourth-order valence-electron chi connectivity index (χ4n) is 2.44. The van der Waals surface area contributed by atoms with Crippen molar-refractivity contribution in [3.63, 3.8) is 0 Å². The van der Waals surface area contributed by atoms with Gasteiger partial charge in [-0.3, -0.25) is 4.79 Å². The van der Waals surface area contributed by atoms with E-state index >= 15 is 0 Å². The van der Waals surface area contributed by atoms with Crippen LogP contribution >= 0.6 is 11.6 Å². The van der Waals surface area contributed by atoms with E-state index in [4.69, 9.17) is 16.3 Å². The Balaban J connectivity index is 1.91. The highest BCUT2D eigenvalue weighted by molar-refractivity contribution is 6.30. The predicted octanol–water partition coefficient (Wildman–Crippen LogP) is 2.32. The van der Waals surface area contributed by atoms with Gasteiger partial charge in [0.15, 0.2) is 6.61 Å². The fraction of sp³-hybridized carbons (Fsp3) is 0.533. The van der Waals surface area contributed by atoms with Gasteiger partial charge in [0.1, 0.15) is 5.75 Å². The monoisotopic (exact) mass is 296 g/mol. The van der Waals surface area contributed by atoms with Crippen LogP contribution in [0.15, 0.2) is 24.3 Å². The summed E-state index contributed by atoms with van der Waals surface area (Å²) >= 11 is 5.89. The van der Waals surface area contributed by atoms with Gasteiger partial charge in [-0.25, -0.2) is 0 Å². The summed E-state index contributed by atoms with van der Waals surface area (Å²) in [6, 6.07) is 7.41. The lowest BCUT2D eigenvalue weighted by Crippen LogP contribution is -2.44. The van der Waals surface area contributed by atoms with Gasteiger partial charge in [-0.2, -0.15) is 0 Å². The van der Waals surface area contributed by atoms with Crippen LogP contribution in [0.5, 0.6) is 5.75 Å². The third-order valence-corrected chi connectivity index (χ3v) is 3.65. The maximum absolute atomic E-state index is 12.3. The van der Waals surface area contributed by atoms with Crippen molar-refractivity contribution in [1.82, 2.24) is 10.2 Å². The van der Waals surface area contributed by atoms with Crippen molar-refractivity contribution in [2.24, 2.45) is 0 Å². The summed E-state index contributed by atoms with van der Waals surface area (Å²) in [5.41, 5.74) is 0. The Morgan fingerprint density at radius 1 is 1.55 bits per heavy atom. The molecule has 2 rings (SSSR count). The zero-order valence-corrected chi connectivity index (χ0v) is 12.5. The molecule has 0 aromatic heterocycles. The van der Waals surface area contributed by atoms with Crippen LogP contribution in [0.4, 0.5) is 0 Å². The molecule has 1 heterocycles. The number of carbonyl (C=O) groups is 1. The highest BCUT2D eigenvalue weighted by Crippen LogP contribution is 2.17. The largest absolute Gasteiger partial charge is 0.484 e. The SMILES string of the molecule is CCCN(C(=O)COc1cccc(Cl)c1)C1CCNC1. The lowest BCUT2D eigenvalue weighted by atomic mass is 10.2. The molecular formula is C15H21ClN2O2. The molecule has 1 unspecified atom stereocenters. The summed E-state index contributed by atoms with van der Waals surface area (Å²) in [4.78, 5) is 14.3. The van der Waals surface area contributed by atoms with Crippen molar-refractivity contribution in [3.8, 4) is 5.75 Å². The molecule has 1 aliphatic heterocycles. The predicted molar refractivity (Wildman–Crippen MR) is 80.2 cm³/mol. The smallest absolute Gasteiger partial charge is 0.260 e. The molecule has 1 fully saturated rings. The molecule has 0 saturated carbocycles. The van der Waals surface area contributed by atoms with Gasteiger partial charge in [-0.1, -0.05) is 24.6 Å². The standard InChI is InChI=1S/C15H21ClN2O2/c1-2-8-18(13-6-7-17-10-13)15(19)11-20-14-5-3-4-12(16)9-14/h3-5,9,13,17H,2,6-8,10-11H2,1H3. The van der Waals surface area contributed by atoms with E-state index in [1.165, 1.54) is 0 Å². The summed E-state index contributed by atoms with van der Waals surface area (Å²) < 4.78 is 5.54. The Morgan fingerprint density at radius 3 is 3.05 bits per heavy atom. The van der Waals surface area contributed by atoms with E-state index in [2.05, 4.69) is 12.2 Å². The summed E-state index contributed by atoms with van der Waals surface area (Å²) in [7, 11) is 0. The minimum absolute atomic E-state index is 0.0422. The fourth-order valence-corrected chi connectivity index (χ4v) is 2.62. The molecule has 1 N–H and O–H groups in total. The number of rotatable bonds is 6. The molecule has 1 amide bonds. The Bertz CT molecular complexity index is 447. The molecular weight excluding hydrogens is 276 g/mol. The second kappa shape index (κ2) is 7.50. The van der Waals surface area contributed by atoms with Gasteiger partial charge in [0, 0.05) is 24.2 Å². The van der Waals surface area contributed by atoms with Gasteiger partial charge in [0.25, 0.3) is 5.91 Å². The minimum Gasteiger partial charge on any atom is -0.484 e. The highest BCUT2D eigenvalue weighted by atomic mass is 35.5. The normalized spacial score (nSPS) is 18.0. The Labute approximate surface area is 125 Å². The number of nitrogens with one attached hydrogen (secondary N) is 1. The van der Waals surface area contributed by atoms with Crippen LogP contribution in [0.3, 0.4) is 0 Å². The first-order valence-electron chi connectivity index (χ1n) is 7.09. The van der Waals surface area contributed by atoms with Crippen LogP contribution in [-0.4, -0.2) is 43.1 Å². The Morgan fingerprint density at radius 2 is 2.40 bits per heavy atom. The van der Waals surface area contributed by atoms with Crippen molar-refractivity contribution in [2.45, 2.75) is 25.8 Å². The van der Waals surface area contributed by atoms with E-state index in [0.717, 1.165) is 32.5 Å². The molecule has 1 aliphatic rings. The van der Waals surface area contributed by atoms with Gasteiger partial charge in [0.05, 0.1) is 0 Å². The third-order valence-electron chi connectivity index (χ3n) is 3.42. The zero-order chi connectivity index (χ0) is 14.4. The van der Waals surface area contributed by atoms with E-state index in [-0.39, 0.29) is 12.5 Å². The van der Waals surface area contributed by atoms with Crippen molar-refractivity contribution in [1.29, 1.82) is 0 Å². The van der Waals surface area contributed by atoms with Crippen molar-refractivity contribution in [2.75, 3.05) is 26.2 Å². The number of carbonyl (C=O) groups excluding carboxylic acids is 1. The summed E-state index contributed by atoms with van der Waals surface area (Å²) in [6.07, 6.45) is 1.97. The van der Waals surface area contributed by atoms with Crippen molar-refractivity contribution in [3.05, 3.63) is 29.3 Å². The number of hydrogen-bond donors (Lipinski definition) is 1. The van der Waals surface area contributed by atoms with E-state index in [1.54, 1.807) is 18.2 Å². The maximum Gasteiger partial charge on any atom is 0.260 e. The molecule has 0 bridgehead atoms. The first-order valence-corrected chi connectivity index (χ1v) is 7.47. The maximum atomic E-state index is 12.3. The number of benzene rings is 1. The Kier molecular flexibility index (Phi) is 5.68. The van der Waals surface area contributed by atoms with Gasteiger partial charge in [0.2, 0.25) is 0 Å². The first-order chi connectivity index (χ1) is 9.70. The lowest BCUT2D eigenvalue weighted by Gasteiger charge is -2.28. The summed E-state index contributed by atoms with van der Waals surface area (Å²) in [6.45, 7) is 4.79. The second-order valence-corrected chi connectivity index (χ2v) is 5.42. The van der Waals surface area contributed by atoms with E-state index in [0.29, 0.717) is 16.8 Å². The molecule has 1 aromatic rings. The van der Waals surface area contributed by atoms with E-state index in [1.807, 2.05) is 11.0 Å². The topological polar surface area (TPSA) is 41.6 Å². The molecule has 0 aliphatic carbocycles. The minimum atomic E-state index is 0.0422. The van der Waals surface area contributed by atoms with Gasteiger partial charge in [-0.15, -0.1) is 0 Å². The highest BCUT2D eigenvalue weighted by Gasteiger charge is 2.25. The molecule has 1 aromatic carbocycles. The first kappa shape index (κ1) is 15.1. The third kappa shape index (κ3) is 4.12. The average Bonchev–Trinajstić information content (AvgIpc) is 2.96. The molecule has 0 radical (unpaired) electrons. The van der Waals surface area contributed by atoms with Gasteiger partial charge < -0.3 is 15.0 Å². The van der Waals surface area contributed by atoms with E-state index < -0.39 is 0 Å². The number of nitrogens with zero attached hydrogens (tertiary/aromatic N) is 1. The van der Waals surface area contributed by atoms with Gasteiger partial charge >= 0.3 is 0 Å². The molecule has 1 atom stereocenters.